The van der Waals surface area contributed by atoms with Crippen LogP contribution in [0.25, 0.3) is 0 Å². The highest BCUT2D eigenvalue weighted by atomic mass is 19.1. The Balaban J connectivity index is 2.29. The minimum absolute atomic E-state index is 0.232. The zero-order chi connectivity index (χ0) is 7.56. The maximum absolute atomic E-state index is 12.0. The summed E-state index contributed by atoms with van der Waals surface area (Å²) in [5, 5.41) is 0. The third kappa shape index (κ3) is 1.67. The van der Waals surface area contributed by atoms with Crippen molar-refractivity contribution in [2.45, 2.75) is 12.5 Å². The molecule has 1 fully saturated rings. The molecule has 0 saturated carbocycles. The first-order chi connectivity index (χ1) is 4.74. The van der Waals surface area contributed by atoms with Crippen LogP contribution in [0.4, 0.5) is 4.39 Å². The van der Waals surface area contributed by atoms with Gasteiger partial charge < -0.3 is 10.6 Å². The monoisotopic (exact) mass is 146 g/mol. The quantitative estimate of drug-likeness (QED) is 0.604. The molecule has 0 radical (unpaired) electrons. The fourth-order valence-electron chi connectivity index (χ4n) is 1.44. The van der Waals surface area contributed by atoms with Crippen molar-refractivity contribution >= 4 is 0 Å². The summed E-state index contributed by atoms with van der Waals surface area (Å²) in [5.74, 6) is 0.384. The second kappa shape index (κ2) is 3.30. The summed E-state index contributed by atoms with van der Waals surface area (Å²) >= 11 is 0. The smallest absolute Gasteiger partial charge is 0.105 e. The molecule has 0 aliphatic carbocycles. The lowest BCUT2D eigenvalue weighted by atomic mass is 10.0. The summed E-state index contributed by atoms with van der Waals surface area (Å²) in [6.07, 6.45) is 1.06. The maximum atomic E-state index is 12.0. The molecule has 0 aromatic heterocycles. The van der Waals surface area contributed by atoms with Crippen molar-refractivity contribution in [3.05, 3.63) is 0 Å². The van der Waals surface area contributed by atoms with Crippen molar-refractivity contribution < 1.29 is 4.39 Å². The van der Waals surface area contributed by atoms with Gasteiger partial charge in [-0.2, -0.15) is 0 Å². The van der Waals surface area contributed by atoms with Gasteiger partial charge in [0.2, 0.25) is 0 Å². The van der Waals surface area contributed by atoms with Crippen molar-refractivity contribution in [2.24, 2.45) is 11.7 Å². The van der Waals surface area contributed by atoms with Crippen LogP contribution >= 0.6 is 0 Å². The van der Waals surface area contributed by atoms with Crippen molar-refractivity contribution in [1.82, 2.24) is 4.90 Å². The number of alkyl halides is 1. The number of nitrogens with two attached hydrogens (primary N) is 1. The summed E-state index contributed by atoms with van der Waals surface area (Å²) < 4.78 is 12.0. The Hall–Kier alpha value is -0.150. The minimum atomic E-state index is -0.376. The van der Waals surface area contributed by atoms with Gasteiger partial charge in [0.05, 0.1) is 0 Å². The number of rotatable bonds is 2. The van der Waals surface area contributed by atoms with E-state index < -0.39 is 0 Å². The van der Waals surface area contributed by atoms with Crippen LogP contribution in [-0.4, -0.2) is 37.8 Å². The summed E-state index contributed by atoms with van der Waals surface area (Å²) in [6, 6.07) is -0.232. The van der Waals surface area contributed by atoms with E-state index in [0.29, 0.717) is 5.92 Å². The average molecular weight is 146 g/mol. The molecule has 2 N–H and O–H groups in total. The fraction of sp³-hybridized carbons (Fsp3) is 1.00. The Morgan fingerprint density at radius 3 is 2.90 bits per heavy atom. The summed E-state index contributed by atoms with van der Waals surface area (Å²) in [6.45, 7) is 1.65. The van der Waals surface area contributed by atoms with Gasteiger partial charge in [-0.25, -0.2) is 4.39 Å². The van der Waals surface area contributed by atoms with Gasteiger partial charge in [-0.3, -0.25) is 0 Å². The van der Waals surface area contributed by atoms with E-state index in [9.17, 15) is 4.39 Å². The highest BCUT2D eigenvalue weighted by Gasteiger charge is 2.24. The molecule has 1 rings (SSSR count). The molecule has 0 aromatic rings. The zero-order valence-corrected chi connectivity index (χ0v) is 6.39. The van der Waals surface area contributed by atoms with E-state index in [1.807, 2.05) is 7.05 Å². The number of halogens is 1. The Morgan fingerprint density at radius 1 is 1.80 bits per heavy atom. The third-order valence-electron chi connectivity index (χ3n) is 2.21. The molecule has 1 aliphatic heterocycles. The molecule has 0 aromatic carbocycles. The number of nitrogens with zero attached hydrogens (tertiary/aromatic N) is 1. The van der Waals surface area contributed by atoms with Crippen molar-refractivity contribution in [3.8, 4) is 0 Å². The number of hydrogen-bond donors (Lipinski definition) is 1. The molecule has 3 heteroatoms. The van der Waals surface area contributed by atoms with Gasteiger partial charge in [-0.1, -0.05) is 0 Å². The van der Waals surface area contributed by atoms with Gasteiger partial charge in [-0.05, 0) is 25.9 Å². The van der Waals surface area contributed by atoms with Gasteiger partial charge in [0.1, 0.15) is 6.67 Å². The first-order valence-electron chi connectivity index (χ1n) is 3.74. The highest BCUT2D eigenvalue weighted by molar-refractivity contribution is 4.80. The SMILES string of the molecule is CN1CCC(C(N)CF)C1. The van der Waals surface area contributed by atoms with Crippen LogP contribution in [-0.2, 0) is 0 Å². The topological polar surface area (TPSA) is 29.3 Å². The molecule has 0 bridgehead atoms. The van der Waals surface area contributed by atoms with Crippen LogP contribution < -0.4 is 5.73 Å². The molecule has 60 valence electrons. The first kappa shape index (κ1) is 7.95. The standard InChI is InChI=1S/C7H15FN2/c1-10-3-2-6(5-10)7(9)4-8/h6-7H,2-5,9H2,1H3. The van der Waals surface area contributed by atoms with Crippen LogP contribution in [0.5, 0.6) is 0 Å². The maximum Gasteiger partial charge on any atom is 0.105 e. The second-order valence-corrected chi connectivity index (χ2v) is 3.13. The molecule has 2 atom stereocenters. The van der Waals surface area contributed by atoms with Crippen LogP contribution in [0.2, 0.25) is 0 Å². The molecule has 2 unspecified atom stereocenters. The molecule has 2 nitrogen and oxygen atoms in total. The molecule has 10 heavy (non-hydrogen) atoms. The molecular formula is C7H15FN2. The van der Waals surface area contributed by atoms with Crippen LogP contribution in [0, 0.1) is 5.92 Å². The predicted octanol–water partition coefficient (Wildman–Crippen LogP) is 0.235. The highest BCUT2D eigenvalue weighted by Crippen LogP contribution is 2.16. The zero-order valence-electron chi connectivity index (χ0n) is 6.39. The normalized spacial score (nSPS) is 30.9. The van der Waals surface area contributed by atoms with E-state index in [-0.39, 0.29) is 12.7 Å². The van der Waals surface area contributed by atoms with Gasteiger partial charge >= 0.3 is 0 Å². The molecule has 0 spiro atoms. The lowest BCUT2D eigenvalue weighted by Crippen LogP contribution is -2.33. The van der Waals surface area contributed by atoms with Crippen LogP contribution in [0.1, 0.15) is 6.42 Å². The van der Waals surface area contributed by atoms with Crippen molar-refractivity contribution in [1.29, 1.82) is 0 Å². The Kier molecular flexibility index (Phi) is 2.63. The third-order valence-corrected chi connectivity index (χ3v) is 2.21. The lowest BCUT2D eigenvalue weighted by Gasteiger charge is -2.14. The molecule has 1 heterocycles. The largest absolute Gasteiger partial charge is 0.325 e. The van der Waals surface area contributed by atoms with Crippen molar-refractivity contribution in [2.75, 3.05) is 26.8 Å². The minimum Gasteiger partial charge on any atom is -0.325 e. The van der Waals surface area contributed by atoms with E-state index in [1.54, 1.807) is 0 Å². The molecule has 1 aliphatic rings. The van der Waals surface area contributed by atoms with Gasteiger partial charge in [0.25, 0.3) is 0 Å². The van der Waals surface area contributed by atoms with E-state index in [0.717, 1.165) is 19.5 Å². The summed E-state index contributed by atoms with van der Waals surface area (Å²) in [7, 11) is 2.05. The Bertz CT molecular complexity index is 108. The predicted molar refractivity (Wildman–Crippen MR) is 39.6 cm³/mol. The fourth-order valence-corrected chi connectivity index (χ4v) is 1.44. The Labute approximate surface area is 61.2 Å². The van der Waals surface area contributed by atoms with E-state index in [1.165, 1.54) is 0 Å². The average Bonchev–Trinajstić information content (AvgIpc) is 2.34. The number of hydrogen-bond acceptors (Lipinski definition) is 2. The van der Waals surface area contributed by atoms with Gasteiger partial charge in [0.15, 0.2) is 0 Å². The van der Waals surface area contributed by atoms with Crippen LogP contribution in [0.3, 0.4) is 0 Å². The van der Waals surface area contributed by atoms with Gasteiger partial charge in [-0.15, -0.1) is 0 Å². The molecule has 0 amide bonds. The summed E-state index contributed by atoms with van der Waals surface area (Å²) in [4.78, 5) is 2.19. The van der Waals surface area contributed by atoms with E-state index in [4.69, 9.17) is 5.73 Å². The second-order valence-electron chi connectivity index (χ2n) is 3.13. The van der Waals surface area contributed by atoms with Gasteiger partial charge in [0, 0.05) is 12.6 Å². The summed E-state index contributed by atoms with van der Waals surface area (Å²) in [5.41, 5.74) is 5.54. The van der Waals surface area contributed by atoms with E-state index >= 15 is 0 Å². The Morgan fingerprint density at radius 2 is 2.50 bits per heavy atom. The lowest BCUT2D eigenvalue weighted by molar-refractivity contribution is 0.322. The van der Waals surface area contributed by atoms with E-state index in [2.05, 4.69) is 4.90 Å². The molecule has 1 saturated heterocycles. The first-order valence-corrected chi connectivity index (χ1v) is 3.74. The number of likely N-dealkylation sites (tertiary alicyclic amines) is 1. The van der Waals surface area contributed by atoms with Crippen molar-refractivity contribution in [3.63, 3.8) is 0 Å². The van der Waals surface area contributed by atoms with Crippen LogP contribution in [0.15, 0.2) is 0 Å². The molecular weight excluding hydrogens is 131 g/mol.